The number of benzene rings is 2. The van der Waals surface area contributed by atoms with Crippen molar-refractivity contribution in [2.45, 2.75) is 25.9 Å². The molecule has 0 saturated carbocycles. The van der Waals surface area contributed by atoms with Gasteiger partial charge in [-0.15, -0.1) is 0 Å². The Morgan fingerprint density at radius 1 is 1.17 bits per heavy atom. The maximum atomic E-state index is 13.1. The minimum absolute atomic E-state index is 0.0823. The van der Waals surface area contributed by atoms with Crippen molar-refractivity contribution >= 4 is 39.0 Å². The first-order valence-corrected chi connectivity index (χ1v) is 10.3. The van der Waals surface area contributed by atoms with Gasteiger partial charge in [0.05, 0.1) is 17.6 Å². The third-order valence-electron chi connectivity index (χ3n) is 4.63. The molecule has 148 valence electrons. The number of nitrogens with two attached hydrogens (primary N) is 1. The molecule has 29 heavy (non-hydrogen) atoms. The van der Waals surface area contributed by atoms with Gasteiger partial charge >= 0.3 is 5.97 Å². The molecule has 2 N–H and O–H groups in total. The molecule has 0 spiro atoms. The molecule has 1 aromatic heterocycles. The molecular formula is C22H18ClNO4S. The Morgan fingerprint density at radius 2 is 1.86 bits per heavy atom. The number of carbonyl (C=O) groups excluding carboxylic acids is 1. The Hall–Kier alpha value is -2.83. The molecule has 1 atom stereocenters. The smallest absolute Gasteiger partial charge is 0.340 e. The molecule has 4 rings (SSSR count). The van der Waals surface area contributed by atoms with Crippen molar-refractivity contribution in [2.24, 2.45) is 5.73 Å². The van der Waals surface area contributed by atoms with Crippen molar-refractivity contribution in [3.63, 3.8) is 0 Å². The lowest BCUT2D eigenvalue weighted by atomic mass is 9.83. The molecule has 3 aromatic rings. The zero-order valence-electron chi connectivity index (χ0n) is 15.8. The summed E-state index contributed by atoms with van der Waals surface area (Å²) in [6.45, 7) is 3.48. The van der Waals surface area contributed by atoms with E-state index < -0.39 is 11.9 Å². The molecule has 1 aliphatic rings. The highest BCUT2D eigenvalue weighted by molar-refractivity contribution is 7.16. The Bertz CT molecular complexity index is 1210. The molecule has 2 heterocycles. The van der Waals surface area contributed by atoms with Crippen LogP contribution in [-0.4, -0.2) is 12.1 Å². The Kier molecular flexibility index (Phi) is 5.06. The van der Waals surface area contributed by atoms with Crippen LogP contribution in [-0.2, 0) is 9.53 Å². The summed E-state index contributed by atoms with van der Waals surface area (Å²) in [6.07, 6.45) is -0.359. The van der Waals surface area contributed by atoms with E-state index in [1.54, 1.807) is 38.1 Å². The number of halogens is 1. The third kappa shape index (κ3) is 3.39. The van der Waals surface area contributed by atoms with Crippen LogP contribution in [0.3, 0.4) is 0 Å². The topological polar surface area (TPSA) is 78.6 Å². The molecule has 2 aromatic carbocycles. The van der Waals surface area contributed by atoms with Gasteiger partial charge in [-0.05, 0) is 37.6 Å². The number of hydrogen-bond acceptors (Lipinski definition) is 6. The van der Waals surface area contributed by atoms with E-state index in [1.165, 1.54) is 0 Å². The fraction of sp³-hybridized carbons (Fsp3) is 0.182. The molecule has 0 bridgehead atoms. The summed E-state index contributed by atoms with van der Waals surface area (Å²) >= 11 is 7.56. The van der Waals surface area contributed by atoms with Gasteiger partial charge in [-0.2, -0.15) is 0 Å². The number of hydrogen-bond donors (Lipinski definition) is 1. The molecule has 5 nitrogen and oxygen atoms in total. The van der Waals surface area contributed by atoms with Crippen molar-refractivity contribution in [3.05, 3.63) is 85.7 Å². The van der Waals surface area contributed by atoms with Gasteiger partial charge in [-0.3, -0.25) is 4.79 Å². The summed E-state index contributed by atoms with van der Waals surface area (Å²) < 4.78 is 11.8. The van der Waals surface area contributed by atoms with Gasteiger partial charge in [0.1, 0.15) is 11.3 Å². The normalized spacial score (nSPS) is 15.9. The van der Waals surface area contributed by atoms with Crippen LogP contribution in [0, 0.1) is 0 Å². The predicted octanol–water partition coefficient (Wildman–Crippen LogP) is 4.56. The Morgan fingerprint density at radius 3 is 2.59 bits per heavy atom. The average molecular weight is 428 g/mol. The number of ether oxygens (including phenoxy) is 2. The first kappa shape index (κ1) is 19.5. The lowest BCUT2D eigenvalue weighted by molar-refractivity contribution is -0.143. The number of fused-ring (bicyclic) bond motifs is 3. The zero-order chi connectivity index (χ0) is 20.7. The van der Waals surface area contributed by atoms with E-state index in [0.29, 0.717) is 21.9 Å². The van der Waals surface area contributed by atoms with Crippen molar-refractivity contribution in [1.82, 2.24) is 0 Å². The fourth-order valence-electron chi connectivity index (χ4n) is 3.46. The van der Waals surface area contributed by atoms with Gasteiger partial charge in [-0.25, -0.2) is 4.79 Å². The second kappa shape index (κ2) is 7.54. The van der Waals surface area contributed by atoms with Crippen LogP contribution in [0.4, 0.5) is 0 Å². The molecule has 0 fully saturated rings. The Balaban J connectivity index is 2.05. The number of esters is 1. The van der Waals surface area contributed by atoms with Gasteiger partial charge < -0.3 is 15.2 Å². The van der Waals surface area contributed by atoms with E-state index >= 15 is 0 Å². The molecule has 0 saturated heterocycles. The zero-order valence-corrected chi connectivity index (χ0v) is 17.3. The minimum Gasteiger partial charge on any atom is -0.459 e. The second-order valence-corrected chi connectivity index (χ2v) is 8.34. The largest absolute Gasteiger partial charge is 0.459 e. The SMILES string of the molecule is CC(C)OC(=O)C1=C(N)Oc2c(c(=O)sc3ccccc23)[C@@H]1c1ccccc1Cl. The standard InChI is InChI=1S/C22H18ClNO4S/c1-11(2)27-21(25)18-16(12-7-3-5-9-14(12)23)17-19(28-20(18)24)13-8-4-6-10-15(13)29-22(17)26/h3-11,16H,24H2,1-2H3/t16-/m0/s1. The summed E-state index contributed by atoms with van der Waals surface area (Å²) in [6, 6.07) is 14.5. The average Bonchev–Trinajstić information content (AvgIpc) is 2.67. The van der Waals surface area contributed by atoms with Crippen molar-refractivity contribution < 1.29 is 14.3 Å². The van der Waals surface area contributed by atoms with Gasteiger partial charge in [0, 0.05) is 15.1 Å². The molecule has 0 unspecified atom stereocenters. The van der Waals surface area contributed by atoms with Crippen LogP contribution in [0.15, 0.2) is 64.8 Å². The van der Waals surface area contributed by atoms with Crippen LogP contribution >= 0.6 is 22.9 Å². The van der Waals surface area contributed by atoms with Gasteiger partial charge in [0.2, 0.25) is 10.6 Å². The highest BCUT2D eigenvalue weighted by Crippen LogP contribution is 2.46. The van der Waals surface area contributed by atoms with Gasteiger partial charge in [-0.1, -0.05) is 53.3 Å². The van der Waals surface area contributed by atoms with E-state index in [2.05, 4.69) is 0 Å². The van der Waals surface area contributed by atoms with Crippen molar-refractivity contribution in [3.8, 4) is 5.75 Å². The Labute approximate surface area is 176 Å². The highest BCUT2D eigenvalue weighted by Gasteiger charge is 2.39. The monoisotopic (exact) mass is 427 g/mol. The first-order valence-electron chi connectivity index (χ1n) is 9.07. The summed E-state index contributed by atoms with van der Waals surface area (Å²) in [5.74, 6) is -1.15. The van der Waals surface area contributed by atoms with Crippen LogP contribution in [0.2, 0.25) is 5.02 Å². The highest BCUT2D eigenvalue weighted by atomic mass is 35.5. The lowest BCUT2D eigenvalue weighted by Crippen LogP contribution is -2.31. The van der Waals surface area contributed by atoms with Crippen LogP contribution in [0.5, 0.6) is 5.75 Å². The molecule has 7 heteroatoms. The fourth-order valence-corrected chi connectivity index (χ4v) is 4.64. The van der Waals surface area contributed by atoms with E-state index in [1.807, 2.05) is 24.3 Å². The lowest BCUT2D eigenvalue weighted by Gasteiger charge is -2.29. The molecule has 0 amide bonds. The van der Waals surface area contributed by atoms with Crippen LogP contribution in [0.1, 0.15) is 30.9 Å². The molecular weight excluding hydrogens is 410 g/mol. The van der Waals surface area contributed by atoms with E-state index in [-0.39, 0.29) is 22.3 Å². The van der Waals surface area contributed by atoms with Gasteiger partial charge in [0.15, 0.2) is 0 Å². The third-order valence-corrected chi connectivity index (χ3v) is 5.96. The summed E-state index contributed by atoms with van der Waals surface area (Å²) in [5.41, 5.74) is 7.22. The maximum absolute atomic E-state index is 13.1. The van der Waals surface area contributed by atoms with Crippen molar-refractivity contribution in [1.29, 1.82) is 0 Å². The number of rotatable bonds is 3. The molecule has 1 aliphatic heterocycles. The summed E-state index contributed by atoms with van der Waals surface area (Å²) in [5, 5.41) is 1.17. The maximum Gasteiger partial charge on any atom is 0.340 e. The quantitative estimate of drug-likeness (QED) is 0.620. The molecule has 0 aliphatic carbocycles. The summed E-state index contributed by atoms with van der Waals surface area (Å²) in [7, 11) is 0. The van der Waals surface area contributed by atoms with Gasteiger partial charge in [0.25, 0.3) is 0 Å². The first-order chi connectivity index (χ1) is 13.9. The summed E-state index contributed by atoms with van der Waals surface area (Å²) in [4.78, 5) is 26.1. The van der Waals surface area contributed by atoms with Crippen molar-refractivity contribution in [2.75, 3.05) is 0 Å². The van der Waals surface area contributed by atoms with Crippen LogP contribution < -0.4 is 15.2 Å². The predicted molar refractivity (Wildman–Crippen MR) is 114 cm³/mol. The van der Waals surface area contributed by atoms with E-state index in [0.717, 1.165) is 21.4 Å². The van der Waals surface area contributed by atoms with E-state index in [4.69, 9.17) is 26.8 Å². The second-order valence-electron chi connectivity index (χ2n) is 6.92. The number of carbonyl (C=O) groups is 1. The molecule has 0 radical (unpaired) electrons. The minimum atomic E-state index is -0.785. The van der Waals surface area contributed by atoms with E-state index in [9.17, 15) is 9.59 Å². The van der Waals surface area contributed by atoms with Crippen LogP contribution in [0.25, 0.3) is 10.1 Å².